The van der Waals surface area contributed by atoms with Gasteiger partial charge in [0.05, 0.1) is 12.4 Å². The predicted octanol–water partition coefficient (Wildman–Crippen LogP) is 5.53. The van der Waals surface area contributed by atoms with Crippen molar-refractivity contribution in [3.8, 4) is 0 Å². The lowest BCUT2D eigenvalue weighted by atomic mass is 10.0. The Labute approximate surface area is 118 Å². The zero-order chi connectivity index (χ0) is 13.8. The van der Waals surface area contributed by atoms with E-state index >= 15 is 0 Å². The van der Waals surface area contributed by atoms with Crippen molar-refractivity contribution in [2.24, 2.45) is 0 Å². The molecule has 0 saturated heterocycles. The van der Waals surface area contributed by atoms with E-state index in [1.807, 2.05) is 24.8 Å². The zero-order valence-electron chi connectivity index (χ0n) is 12.6. The van der Waals surface area contributed by atoms with Gasteiger partial charge in [0, 0.05) is 12.4 Å². The van der Waals surface area contributed by atoms with E-state index in [0.717, 1.165) is 0 Å². The Morgan fingerprint density at radius 2 is 1.68 bits per heavy atom. The first kappa shape index (κ1) is 16.0. The summed E-state index contributed by atoms with van der Waals surface area (Å²) in [6, 6.07) is 0.423. The number of imidazole rings is 1. The highest BCUT2D eigenvalue weighted by Gasteiger charge is 2.04. The Bertz CT molecular complexity index is 303. The van der Waals surface area contributed by atoms with Crippen molar-refractivity contribution in [1.82, 2.24) is 9.55 Å². The molecule has 1 heterocycles. The molecule has 2 nitrogen and oxygen atoms in total. The summed E-state index contributed by atoms with van der Waals surface area (Å²) >= 11 is 0. The van der Waals surface area contributed by atoms with Crippen molar-refractivity contribution in [2.75, 3.05) is 0 Å². The molecule has 0 radical (unpaired) electrons. The summed E-state index contributed by atoms with van der Waals surface area (Å²) < 4.78 is 2.15. The van der Waals surface area contributed by atoms with Crippen LogP contribution < -0.4 is 0 Å². The normalized spacial score (nSPS) is 12.5. The Morgan fingerprint density at radius 3 is 2.21 bits per heavy atom. The van der Waals surface area contributed by atoms with Gasteiger partial charge in [-0.2, -0.15) is 0 Å². The topological polar surface area (TPSA) is 17.8 Å². The summed E-state index contributed by atoms with van der Waals surface area (Å²) in [6.45, 7) is 6.20. The fourth-order valence-corrected chi connectivity index (χ4v) is 2.52. The van der Waals surface area contributed by atoms with Gasteiger partial charge in [0.1, 0.15) is 0 Å². The standard InChI is InChI=1S/C17H30N2/c1-3-5-6-7-8-9-10-11-12-13-17(4-2)19-15-14-18-16-19/h4,14-17H,2-3,5-13H2,1H3. The summed E-state index contributed by atoms with van der Waals surface area (Å²) in [5, 5.41) is 0. The lowest BCUT2D eigenvalue weighted by Crippen LogP contribution is -2.03. The second kappa shape index (κ2) is 10.8. The van der Waals surface area contributed by atoms with Gasteiger partial charge in [-0.25, -0.2) is 4.98 Å². The monoisotopic (exact) mass is 262 g/mol. The Hall–Kier alpha value is -1.05. The molecule has 108 valence electrons. The average Bonchev–Trinajstić information content (AvgIpc) is 2.95. The van der Waals surface area contributed by atoms with Crippen LogP contribution in [0.5, 0.6) is 0 Å². The minimum Gasteiger partial charge on any atom is -0.331 e. The van der Waals surface area contributed by atoms with Crippen molar-refractivity contribution in [3.63, 3.8) is 0 Å². The van der Waals surface area contributed by atoms with Crippen molar-refractivity contribution in [1.29, 1.82) is 0 Å². The van der Waals surface area contributed by atoms with Gasteiger partial charge in [0.2, 0.25) is 0 Å². The third-order valence-electron chi connectivity index (χ3n) is 3.78. The first-order valence-corrected chi connectivity index (χ1v) is 7.98. The van der Waals surface area contributed by atoms with E-state index in [1.54, 1.807) is 0 Å². The number of hydrogen-bond acceptors (Lipinski definition) is 1. The van der Waals surface area contributed by atoms with E-state index < -0.39 is 0 Å². The first-order valence-electron chi connectivity index (χ1n) is 7.98. The third-order valence-corrected chi connectivity index (χ3v) is 3.78. The molecule has 0 amide bonds. The maximum absolute atomic E-state index is 4.10. The van der Waals surface area contributed by atoms with Gasteiger partial charge < -0.3 is 4.57 Å². The Kier molecular flexibility index (Phi) is 9.13. The van der Waals surface area contributed by atoms with Crippen molar-refractivity contribution in [3.05, 3.63) is 31.4 Å². The van der Waals surface area contributed by atoms with Gasteiger partial charge in [-0.05, 0) is 6.42 Å². The highest BCUT2D eigenvalue weighted by molar-refractivity contribution is 4.89. The van der Waals surface area contributed by atoms with Crippen LogP contribution in [-0.4, -0.2) is 9.55 Å². The molecule has 0 bridgehead atoms. The number of hydrogen-bond donors (Lipinski definition) is 0. The van der Waals surface area contributed by atoms with Crippen LogP contribution in [0.1, 0.15) is 77.2 Å². The highest BCUT2D eigenvalue weighted by atomic mass is 15.0. The summed E-state index contributed by atoms with van der Waals surface area (Å²) in [5.74, 6) is 0. The molecule has 1 atom stereocenters. The maximum Gasteiger partial charge on any atom is 0.0951 e. The molecule has 0 aromatic carbocycles. The summed E-state index contributed by atoms with van der Waals surface area (Å²) in [7, 11) is 0. The SMILES string of the molecule is C=CC(CCCCCCCCCCC)n1ccnc1. The smallest absolute Gasteiger partial charge is 0.0951 e. The highest BCUT2D eigenvalue weighted by Crippen LogP contribution is 2.17. The van der Waals surface area contributed by atoms with Gasteiger partial charge >= 0.3 is 0 Å². The van der Waals surface area contributed by atoms with Crippen molar-refractivity contribution < 1.29 is 0 Å². The molecule has 1 aromatic heterocycles. The molecular weight excluding hydrogens is 232 g/mol. The van der Waals surface area contributed by atoms with Gasteiger partial charge in [0.15, 0.2) is 0 Å². The molecule has 0 spiro atoms. The van der Waals surface area contributed by atoms with Gasteiger partial charge in [-0.1, -0.05) is 70.8 Å². The molecule has 0 fully saturated rings. The first-order chi connectivity index (χ1) is 9.38. The van der Waals surface area contributed by atoms with Crippen LogP contribution in [0.3, 0.4) is 0 Å². The van der Waals surface area contributed by atoms with Crippen molar-refractivity contribution in [2.45, 2.75) is 77.2 Å². The summed E-state index contributed by atoms with van der Waals surface area (Å²) in [4.78, 5) is 4.10. The summed E-state index contributed by atoms with van der Waals surface area (Å²) in [6.07, 6.45) is 21.5. The molecule has 0 aliphatic carbocycles. The Morgan fingerprint density at radius 1 is 1.05 bits per heavy atom. The molecule has 1 aromatic rings. The number of allylic oxidation sites excluding steroid dienone is 1. The number of unbranched alkanes of at least 4 members (excludes halogenated alkanes) is 8. The van der Waals surface area contributed by atoms with E-state index in [2.05, 4.69) is 23.1 Å². The molecule has 1 rings (SSSR count). The quantitative estimate of drug-likeness (QED) is 0.357. The lowest BCUT2D eigenvalue weighted by molar-refractivity contribution is 0.498. The van der Waals surface area contributed by atoms with E-state index in [4.69, 9.17) is 0 Å². The molecule has 1 unspecified atom stereocenters. The van der Waals surface area contributed by atoms with Crippen LogP contribution >= 0.6 is 0 Å². The molecular formula is C17H30N2. The van der Waals surface area contributed by atoms with Gasteiger partial charge in [-0.3, -0.25) is 0 Å². The predicted molar refractivity (Wildman–Crippen MR) is 83.3 cm³/mol. The molecule has 0 N–H and O–H groups in total. The van der Waals surface area contributed by atoms with Crippen LogP contribution in [0.15, 0.2) is 31.4 Å². The number of nitrogens with zero attached hydrogens (tertiary/aromatic N) is 2. The Balaban J connectivity index is 1.96. The average molecular weight is 262 g/mol. The maximum atomic E-state index is 4.10. The molecule has 2 heteroatoms. The van der Waals surface area contributed by atoms with Crippen LogP contribution in [0.2, 0.25) is 0 Å². The molecule has 0 saturated carbocycles. The van der Waals surface area contributed by atoms with Crippen LogP contribution in [0, 0.1) is 0 Å². The van der Waals surface area contributed by atoms with E-state index in [-0.39, 0.29) is 0 Å². The minimum atomic E-state index is 0.423. The molecule has 19 heavy (non-hydrogen) atoms. The van der Waals surface area contributed by atoms with E-state index in [0.29, 0.717) is 6.04 Å². The largest absolute Gasteiger partial charge is 0.331 e. The number of aromatic nitrogens is 2. The van der Waals surface area contributed by atoms with Crippen LogP contribution in [0.25, 0.3) is 0 Å². The van der Waals surface area contributed by atoms with Gasteiger partial charge in [0.25, 0.3) is 0 Å². The second-order valence-electron chi connectivity index (χ2n) is 5.43. The van der Waals surface area contributed by atoms with Crippen molar-refractivity contribution >= 4 is 0 Å². The minimum absolute atomic E-state index is 0.423. The third kappa shape index (κ3) is 7.19. The summed E-state index contributed by atoms with van der Waals surface area (Å²) in [5.41, 5.74) is 0. The van der Waals surface area contributed by atoms with Crippen LogP contribution in [-0.2, 0) is 0 Å². The van der Waals surface area contributed by atoms with E-state index in [1.165, 1.54) is 64.2 Å². The lowest BCUT2D eigenvalue weighted by Gasteiger charge is -2.13. The number of rotatable bonds is 12. The van der Waals surface area contributed by atoms with Gasteiger partial charge in [-0.15, -0.1) is 6.58 Å². The fraction of sp³-hybridized carbons (Fsp3) is 0.706. The second-order valence-corrected chi connectivity index (χ2v) is 5.43. The van der Waals surface area contributed by atoms with E-state index in [9.17, 15) is 0 Å². The van der Waals surface area contributed by atoms with Crippen LogP contribution in [0.4, 0.5) is 0 Å². The zero-order valence-corrected chi connectivity index (χ0v) is 12.6. The fourth-order valence-electron chi connectivity index (χ4n) is 2.52. The molecule has 0 aliphatic heterocycles. The molecule has 0 aliphatic rings.